The highest BCUT2D eigenvalue weighted by atomic mass is 35.5. The van der Waals surface area contributed by atoms with Crippen molar-refractivity contribution in [2.24, 2.45) is 10.7 Å². The van der Waals surface area contributed by atoms with Crippen molar-refractivity contribution in [3.05, 3.63) is 58.9 Å². The van der Waals surface area contributed by atoms with Gasteiger partial charge in [0.1, 0.15) is 5.15 Å². The van der Waals surface area contributed by atoms with Gasteiger partial charge >= 0.3 is 0 Å². The number of carbonyl (C=O) groups is 2. The van der Waals surface area contributed by atoms with Gasteiger partial charge in [-0.05, 0) is 36.8 Å². The number of benzene rings is 1. The molecule has 0 radical (unpaired) electrons. The van der Waals surface area contributed by atoms with Crippen LogP contribution in [-0.4, -0.2) is 34.7 Å². The van der Waals surface area contributed by atoms with Crippen molar-refractivity contribution >= 4 is 35.1 Å². The molecular weight excluding hydrogens is 354 g/mol. The number of hydrogen-bond donors (Lipinski definition) is 2. The van der Waals surface area contributed by atoms with Gasteiger partial charge < -0.3 is 11.1 Å². The van der Waals surface area contributed by atoms with Gasteiger partial charge in [0, 0.05) is 18.9 Å². The molecule has 7 nitrogen and oxygen atoms in total. The van der Waals surface area contributed by atoms with Crippen molar-refractivity contribution in [1.29, 1.82) is 0 Å². The number of rotatable bonds is 3. The minimum absolute atomic E-state index is 0.110. The molecule has 0 spiro atoms. The summed E-state index contributed by atoms with van der Waals surface area (Å²) in [6.45, 7) is 1.84. The van der Waals surface area contributed by atoms with Gasteiger partial charge in [-0.2, -0.15) is 0 Å². The van der Waals surface area contributed by atoms with Crippen LogP contribution in [0.2, 0.25) is 5.15 Å². The summed E-state index contributed by atoms with van der Waals surface area (Å²) in [6, 6.07) is 10.3. The largest absolute Gasteiger partial charge is 0.369 e. The Morgan fingerprint density at radius 1 is 1.35 bits per heavy atom. The van der Waals surface area contributed by atoms with Crippen LogP contribution in [-0.2, 0) is 10.3 Å². The SMILES string of the molecule is CN1C(=O)C[C@@](C)(c2cccc(NC(=O)c3ccc(Cl)nc3)c2)N=C1N. The van der Waals surface area contributed by atoms with Gasteiger partial charge in [0.15, 0.2) is 5.96 Å². The number of nitrogens with zero attached hydrogens (tertiary/aromatic N) is 3. The summed E-state index contributed by atoms with van der Waals surface area (Å²) in [6.07, 6.45) is 1.60. The van der Waals surface area contributed by atoms with E-state index in [4.69, 9.17) is 17.3 Å². The van der Waals surface area contributed by atoms with Crippen molar-refractivity contribution in [2.75, 3.05) is 12.4 Å². The third-order valence-electron chi connectivity index (χ3n) is 4.31. The van der Waals surface area contributed by atoms with E-state index >= 15 is 0 Å². The second-order valence-corrected chi connectivity index (χ2v) is 6.67. The highest BCUT2D eigenvalue weighted by molar-refractivity contribution is 6.29. The molecule has 3 rings (SSSR count). The van der Waals surface area contributed by atoms with Crippen LogP contribution >= 0.6 is 11.6 Å². The number of anilines is 1. The van der Waals surface area contributed by atoms with Crippen molar-refractivity contribution in [1.82, 2.24) is 9.88 Å². The number of guanidine groups is 1. The number of nitrogens with two attached hydrogens (primary N) is 1. The van der Waals surface area contributed by atoms with Gasteiger partial charge in [-0.15, -0.1) is 0 Å². The van der Waals surface area contributed by atoms with E-state index < -0.39 is 5.54 Å². The van der Waals surface area contributed by atoms with Gasteiger partial charge in [0.05, 0.1) is 17.5 Å². The Kier molecular flexibility index (Phi) is 4.65. The van der Waals surface area contributed by atoms with Crippen LogP contribution in [0.4, 0.5) is 5.69 Å². The minimum Gasteiger partial charge on any atom is -0.369 e. The lowest BCUT2D eigenvalue weighted by atomic mass is 9.87. The molecule has 8 heteroatoms. The lowest BCUT2D eigenvalue weighted by molar-refractivity contribution is -0.128. The van der Waals surface area contributed by atoms with Gasteiger partial charge in [-0.1, -0.05) is 23.7 Å². The number of carbonyl (C=O) groups excluding carboxylic acids is 2. The Balaban J connectivity index is 1.85. The third-order valence-corrected chi connectivity index (χ3v) is 4.53. The average molecular weight is 372 g/mol. The van der Waals surface area contributed by atoms with Gasteiger partial charge in [0.25, 0.3) is 5.91 Å². The van der Waals surface area contributed by atoms with Crippen LogP contribution in [0.3, 0.4) is 0 Å². The fourth-order valence-electron chi connectivity index (χ4n) is 2.72. The van der Waals surface area contributed by atoms with Crippen LogP contribution < -0.4 is 11.1 Å². The van der Waals surface area contributed by atoms with E-state index in [9.17, 15) is 9.59 Å². The van der Waals surface area contributed by atoms with E-state index in [1.165, 1.54) is 11.1 Å². The van der Waals surface area contributed by atoms with E-state index in [-0.39, 0.29) is 24.2 Å². The van der Waals surface area contributed by atoms with Crippen LogP contribution in [0.15, 0.2) is 47.6 Å². The van der Waals surface area contributed by atoms with E-state index in [1.807, 2.05) is 13.0 Å². The Morgan fingerprint density at radius 2 is 2.12 bits per heavy atom. The first-order valence-corrected chi connectivity index (χ1v) is 8.32. The van der Waals surface area contributed by atoms with Crippen LogP contribution in [0.5, 0.6) is 0 Å². The van der Waals surface area contributed by atoms with Gasteiger partial charge in [-0.25, -0.2) is 9.98 Å². The second-order valence-electron chi connectivity index (χ2n) is 6.28. The third kappa shape index (κ3) is 3.52. The lowest BCUT2D eigenvalue weighted by Crippen LogP contribution is -2.47. The molecule has 1 aliphatic heterocycles. The molecule has 0 bridgehead atoms. The molecule has 134 valence electrons. The Morgan fingerprint density at radius 3 is 2.77 bits per heavy atom. The summed E-state index contributed by atoms with van der Waals surface area (Å²) in [7, 11) is 1.59. The predicted molar refractivity (Wildman–Crippen MR) is 100 cm³/mol. The maximum absolute atomic E-state index is 12.3. The van der Waals surface area contributed by atoms with E-state index in [2.05, 4.69) is 15.3 Å². The number of pyridine rings is 1. The summed E-state index contributed by atoms with van der Waals surface area (Å²) in [5.41, 5.74) is 6.84. The van der Waals surface area contributed by atoms with Gasteiger partial charge in [-0.3, -0.25) is 14.5 Å². The number of aromatic nitrogens is 1. The lowest BCUT2D eigenvalue weighted by Gasteiger charge is -2.33. The molecule has 2 amide bonds. The summed E-state index contributed by atoms with van der Waals surface area (Å²) in [5.74, 6) is -0.244. The van der Waals surface area contributed by atoms with E-state index in [1.54, 1.807) is 37.4 Å². The summed E-state index contributed by atoms with van der Waals surface area (Å²) in [4.78, 5) is 34.2. The van der Waals surface area contributed by atoms with Crippen molar-refractivity contribution in [3.63, 3.8) is 0 Å². The van der Waals surface area contributed by atoms with Gasteiger partial charge in [0.2, 0.25) is 5.91 Å². The number of amides is 2. The van der Waals surface area contributed by atoms with Crippen molar-refractivity contribution in [3.8, 4) is 0 Å². The Labute approximate surface area is 155 Å². The molecule has 2 heterocycles. The molecule has 1 aliphatic rings. The normalized spacial score (nSPS) is 19.9. The fourth-order valence-corrected chi connectivity index (χ4v) is 2.83. The molecular formula is C18H18ClN5O2. The number of aliphatic imine (C=N–C) groups is 1. The predicted octanol–water partition coefficient (Wildman–Crippen LogP) is 2.38. The first-order chi connectivity index (χ1) is 12.3. The number of nitrogens with one attached hydrogen (secondary N) is 1. The fraction of sp³-hybridized carbons (Fsp3) is 0.222. The molecule has 1 aromatic heterocycles. The number of halogens is 1. The maximum Gasteiger partial charge on any atom is 0.257 e. The topological polar surface area (TPSA) is 101 Å². The Bertz CT molecular complexity index is 897. The molecule has 0 fully saturated rings. The highest BCUT2D eigenvalue weighted by Gasteiger charge is 2.36. The molecule has 2 aromatic rings. The molecule has 26 heavy (non-hydrogen) atoms. The molecule has 1 atom stereocenters. The van der Waals surface area contributed by atoms with E-state index in [0.717, 1.165) is 5.56 Å². The van der Waals surface area contributed by atoms with Crippen molar-refractivity contribution in [2.45, 2.75) is 18.9 Å². The summed E-state index contributed by atoms with van der Waals surface area (Å²) < 4.78 is 0. The minimum atomic E-state index is -0.782. The first-order valence-electron chi connectivity index (χ1n) is 7.94. The molecule has 1 aromatic carbocycles. The van der Waals surface area contributed by atoms with E-state index in [0.29, 0.717) is 16.4 Å². The highest BCUT2D eigenvalue weighted by Crippen LogP contribution is 2.34. The zero-order valence-electron chi connectivity index (χ0n) is 14.4. The molecule has 0 aliphatic carbocycles. The average Bonchev–Trinajstić information content (AvgIpc) is 2.60. The molecule has 0 saturated heterocycles. The van der Waals surface area contributed by atoms with Crippen LogP contribution in [0.1, 0.15) is 29.3 Å². The standard InChI is InChI=1S/C18H18ClN5O2/c1-18(9-15(25)24(2)17(20)23-18)12-4-3-5-13(8-12)22-16(26)11-6-7-14(19)21-10-11/h3-8,10H,9H2,1-2H3,(H2,20,23)(H,22,26)/t18-/m0/s1. The second kappa shape index (κ2) is 6.76. The summed E-state index contributed by atoms with van der Waals surface area (Å²) >= 11 is 5.74. The first kappa shape index (κ1) is 17.9. The van der Waals surface area contributed by atoms with Crippen LogP contribution in [0.25, 0.3) is 0 Å². The Hall–Kier alpha value is -2.93. The zero-order valence-corrected chi connectivity index (χ0v) is 15.1. The quantitative estimate of drug-likeness (QED) is 0.809. The molecule has 3 N–H and O–H groups in total. The zero-order chi connectivity index (χ0) is 18.9. The van der Waals surface area contributed by atoms with Crippen LogP contribution in [0, 0.1) is 0 Å². The molecule has 0 unspecified atom stereocenters. The monoisotopic (exact) mass is 371 g/mol. The number of hydrogen-bond acceptors (Lipinski definition) is 5. The summed E-state index contributed by atoms with van der Waals surface area (Å²) in [5, 5.41) is 3.13. The smallest absolute Gasteiger partial charge is 0.257 e. The van der Waals surface area contributed by atoms with Crippen molar-refractivity contribution < 1.29 is 9.59 Å². The maximum atomic E-state index is 12.3. The molecule has 0 saturated carbocycles.